The number of fused-ring (bicyclic) bond motifs is 1. The Kier molecular flexibility index (Phi) is 6.79. The number of nitrogens with two attached hydrogens (primary N) is 1. The molecule has 0 saturated carbocycles. The third-order valence-corrected chi connectivity index (χ3v) is 6.84. The average molecular weight is 508 g/mol. The van der Waals surface area contributed by atoms with Crippen molar-refractivity contribution < 1.29 is 18.7 Å². The summed E-state index contributed by atoms with van der Waals surface area (Å²) in [5, 5.41) is 7.25. The van der Waals surface area contributed by atoms with Gasteiger partial charge in [0, 0.05) is 63.6 Å². The zero-order valence-corrected chi connectivity index (χ0v) is 20.9. The van der Waals surface area contributed by atoms with E-state index in [2.05, 4.69) is 22.3 Å². The van der Waals surface area contributed by atoms with Gasteiger partial charge in [-0.2, -0.15) is 5.10 Å². The Morgan fingerprint density at radius 2 is 1.95 bits per heavy atom. The Morgan fingerprint density at radius 3 is 2.65 bits per heavy atom. The Morgan fingerprint density at radius 1 is 1.19 bits per heavy atom. The first-order chi connectivity index (χ1) is 17.8. The summed E-state index contributed by atoms with van der Waals surface area (Å²) in [6.45, 7) is 4.43. The van der Waals surface area contributed by atoms with Crippen LogP contribution in [0.3, 0.4) is 0 Å². The first-order valence-electron chi connectivity index (χ1n) is 12.3. The lowest BCUT2D eigenvalue weighted by atomic mass is 10.0. The van der Waals surface area contributed by atoms with Gasteiger partial charge in [-0.05, 0) is 30.2 Å². The van der Waals surface area contributed by atoms with Crippen molar-refractivity contribution in [3.63, 3.8) is 0 Å². The fourth-order valence-corrected chi connectivity index (χ4v) is 4.81. The smallest absolute Gasteiger partial charge is 0.257 e. The first kappa shape index (κ1) is 24.7. The Labute approximate surface area is 214 Å². The topological polar surface area (TPSA) is 119 Å². The fraction of sp³-hybridized carbons (Fsp3) is 0.385. The summed E-state index contributed by atoms with van der Waals surface area (Å²) in [5.74, 6) is 0.790. The molecule has 11 heteroatoms. The van der Waals surface area contributed by atoms with Crippen LogP contribution in [0.4, 0.5) is 10.2 Å². The molecule has 0 bridgehead atoms. The second-order valence-corrected chi connectivity index (χ2v) is 9.55. The zero-order valence-electron chi connectivity index (χ0n) is 20.9. The molecule has 37 heavy (non-hydrogen) atoms. The highest BCUT2D eigenvalue weighted by molar-refractivity contribution is 5.94. The van der Waals surface area contributed by atoms with E-state index in [0.717, 1.165) is 17.9 Å². The molecule has 0 radical (unpaired) electrons. The van der Waals surface area contributed by atoms with E-state index >= 15 is 0 Å². The van der Waals surface area contributed by atoms with Crippen LogP contribution in [0.2, 0.25) is 0 Å². The summed E-state index contributed by atoms with van der Waals surface area (Å²) in [4.78, 5) is 33.2. The van der Waals surface area contributed by atoms with Gasteiger partial charge in [-0.25, -0.2) is 9.37 Å². The highest BCUT2D eigenvalue weighted by atomic mass is 19.1. The predicted octanol–water partition coefficient (Wildman–Crippen LogP) is 2.13. The standard InChI is InChI=1S/C26H30FN7O3/c1-16-13-30-24-23(16)22(5-6-29-24)37-21-4-3-17(11-19(21)27)12-20(28)26(36)34-9-7-33(8-10-34)25(35)18-14-31-32(2)15-18/h3-6,11,14-16,20H,7-10,12-13,28H2,1-2H3,(H,29,30). The van der Waals surface area contributed by atoms with Crippen LogP contribution in [0.5, 0.6) is 11.5 Å². The van der Waals surface area contributed by atoms with Gasteiger partial charge in [0.05, 0.1) is 17.8 Å². The second-order valence-electron chi connectivity index (χ2n) is 9.55. The molecular weight excluding hydrogens is 477 g/mol. The Hall–Kier alpha value is -3.99. The van der Waals surface area contributed by atoms with Gasteiger partial charge in [0.15, 0.2) is 11.6 Å². The lowest BCUT2D eigenvalue weighted by molar-refractivity contribution is -0.134. The van der Waals surface area contributed by atoms with E-state index in [1.165, 1.54) is 12.3 Å². The summed E-state index contributed by atoms with van der Waals surface area (Å²) < 4.78 is 22.4. The SMILES string of the molecule is CC1CNc2nccc(Oc3ccc(CC(N)C(=O)N4CCN(C(=O)c5cnn(C)c5)CC4)cc3F)c21. The maximum atomic E-state index is 14.9. The number of piperazine rings is 1. The molecule has 2 unspecified atom stereocenters. The van der Waals surface area contributed by atoms with Crippen LogP contribution >= 0.6 is 0 Å². The van der Waals surface area contributed by atoms with Crippen LogP contribution in [-0.2, 0) is 18.3 Å². The maximum Gasteiger partial charge on any atom is 0.257 e. The van der Waals surface area contributed by atoms with E-state index in [4.69, 9.17) is 10.5 Å². The minimum Gasteiger partial charge on any atom is -0.454 e. The molecule has 1 aromatic carbocycles. The van der Waals surface area contributed by atoms with Crippen molar-refractivity contribution in [2.24, 2.45) is 12.8 Å². The molecule has 4 heterocycles. The zero-order chi connectivity index (χ0) is 26.1. The number of benzene rings is 1. The number of ether oxygens (including phenoxy) is 1. The van der Waals surface area contributed by atoms with E-state index < -0.39 is 11.9 Å². The molecule has 2 aliphatic rings. The molecule has 2 amide bonds. The third-order valence-electron chi connectivity index (χ3n) is 6.84. The first-order valence-corrected chi connectivity index (χ1v) is 12.3. The number of aromatic nitrogens is 3. The van der Waals surface area contributed by atoms with Gasteiger partial charge in [0.2, 0.25) is 5.91 Å². The molecule has 1 fully saturated rings. The van der Waals surface area contributed by atoms with Gasteiger partial charge in [0.25, 0.3) is 5.91 Å². The van der Waals surface area contributed by atoms with E-state index in [1.54, 1.807) is 52.1 Å². The normalized spacial score (nSPS) is 17.8. The number of halogens is 1. The Bertz CT molecular complexity index is 1320. The number of nitrogens with one attached hydrogen (secondary N) is 1. The third kappa shape index (κ3) is 5.12. The summed E-state index contributed by atoms with van der Waals surface area (Å²) in [6.07, 6.45) is 5.03. The minimum absolute atomic E-state index is 0.102. The van der Waals surface area contributed by atoms with E-state index in [-0.39, 0.29) is 29.9 Å². The molecule has 2 aliphatic heterocycles. The van der Waals surface area contributed by atoms with Crippen molar-refractivity contribution in [2.75, 3.05) is 38.0 Å². The molecule has 2 aromatic heterocycles. The molecule has 194 valence electrons. The van der Waals surface area contributed by atoms with Crippen molar-refractivity contribution in [1.29, 1.82) is 0 Å². The number of hydrogen-bond donors (Lipinski definition) is 2. The molecule has 5 rings (SSSR count). The largest absolute Gasteiger partial charge is 0.454 e. The molecule has 0 aliphatic carbocycles. The monoisotopic (exact) mass is 507 g/mol. The van der Waals surface area contributed by atoms with Crippen LogP contribution in [0.15, 0.2) is 42.9 Å². The van der Waals surface area contributed by atoms with Gasteiger partial charge >= 0.3 is 0 Å². The number of amides is 2. The number of carbonyl (C=O) groups is 2. The van der Waals surface area contributed by atoms with Crippen LogP contribution in [0.1, 0.15) is 34.3 Å². The molecular formula is C26H30FN7O3. The van der Waals surface area contributed by atoms with Crippen molar-refractivity contribution in [2.45, 2.75) is 25.3 Å². The number of aryl methyl sites for hydroxylation is 1. The molecule has 2 atom stereocenters. The van der Waals surface area contributed by atoms with E-state index in [1.807, 2.05) is 0 Å². The molecule has 10 nitrogen and oxygen atoms in total. The predicted molar refractivity (Wildman–Crippen MR) is 135 cm³/mol. The van der Waals surface area contributed by atoms with Crippen LogP contribution in [0.25, 0.3) is 0 Å². The van der Waals surface area contributed by atoms with E-state index in [9.17, 15) is 14.0 Å². The van der Waals surface area contributed by atoms with Crippen LogP contribution in [0, 0.1) is 5.82 Å². The number of rotatable bonds is 6. The van der Waals surface area contributed by atoms with Gasteiger partial charge < -0.3 is 25.6 Å². The lowest BCUT2D eigenvalue weighted by Crippen LogP contribution is -2.54. The highest BCUT2D eigenvalue weighted by Gasteiger charge is 2.29. The number of carbonyl (C=O) groups excluding carboxylic acids is 2. The van der Waals surface area contributed by atoms with Crippen molar-refractivity contribution in [1.82, 2.24) is 24.6 Å². The number of nitrogens with zero attached hydrogens (tertiary/aromatic N) is 5. The summed E-state index contributed by atoms with van der Waals surface area (Å²) >= 11 is 0. The lowest BCUT2D eigenvalue weighted by Gasteiger charge is -2.35. The van der Waals surface area contributed by atoms with Gasteiger partial charge in [-0.15, -0.1) is 0 Å². The summed E-state index contributed by atoms with van der Waals surface area (Å²) in [7, 11) is 1.76. The van der Waals surface area contributed by atoms with Crippen molar-refractivity contribution in [3.05, 3.63) is 65.4 Å². The quantitative estimate of drug-likeness (QED) is 0.525. The van der Waals surface area contributed by atoms with E-state index in [0.29, 0.717) is 43.1 Å². The second kappa shape index (κ2) is 10.2. The van der Waals surface area contributed by atoms with Gasteiger partial charge in [-0.3, -0.25) is 14.3 Å². The van der Waals surface area contributed by atoms with Crippen LogP contribution in [-0.4, -0.2) is 75.1 Å². The van der Waals surface area contributed by atoms with Gasteiger partial charge in [-0.1, -0.05) is 13.0 Å². The fourth-order valence-electron chi connectivity index (χ4n) is 4.81. The molecule has 3 aromatic rings. The average Bonchev–Trinajstić information content (AvgIpc) is 3.51. The number of anilines is 1. The maximum absolute atomic E-state index is 14.9. The molecule has 3 N–H and O–H groups in total. The highest BCUT2D eigenvalue weighted by Crippen LogP contribution is 2.39. The van der Waals surface area contributed by atoms with Crippen LogP contribution < -0.4 is 15.8 Å². The number of hydrogen-bond acceptors (Lipinski definition) is 7. The van der Waals surface area contributed by atoms with Crippen molar-refractivity contribution >= 4 is 17.6 Å². The summed E-state index contributed by atoms with van der Waals surface area (Å²) in [6, 6.07) is 5.55. The van der Waals surface area contributed by atoms with Gasteiger partial charge in [0.1, 0.15) is 11.6 Å². The minimum atomic E-state index is -0.817. The molecule has 0 spiro atoms. The summed E-state index contributed by atoms with van der Waals surface area (Å²) in [5.41, 5.74) is 8.26. The number of pyridine rings is 1. The molecule has 1 saturated heterocycles. The van der Waals surface area contributed by atoms with Crippen molar-refractivity contribution in [3.8, 4) is 11.5 Å². The Balaban J connectivity index is 1.17.